The summed E-state index contributed by atoms with van der Waals surface area (Å²) in [6.07, 6.45) is 0. The molecular formula is C16H24FN3O2. The first kappa shape index (κ1) is 16.7. The van der Waals surface area contributed by atoms with Gasteiger partial charge < -0.3 is 20.7 Å². The van der Waals surface area contributed by atoms with Crippen LogP contribution in [0.2, 0.25) is 0 Å². The SMILES string of the molecule is CC(C)(C)OC(=O)C(N)c1cc(F)cc(N2CCNCC2)c1. The molecule has 0 saturated carbocycles. The standard InChI is InChI=1S/C16H24FN3O2/c1-16(2,3)22-15(21)14(18)11-8-12(17)10-13(9-11)20-6-4-19-5-7-20/h8-10,14,19H,4-7,18H2,1-3H3. The fraction of sp³-hybridized carbons (Fsp3) is 0.562. The van der Waals surface area contributed by atoms with Gasteiger partial charge in [0.25, 0.3) is 0 Å². The second-order valence-electron chi connectivity index (χ2n) is 6.49. The molecule has 1 saturated heterocycles. The molecule has 1 heterocycles. The van der Waals surface area contributed by atoms with Crippen molar-refractivity contribution in [1.29, 1.82) is 0 Å². The van der Waals surface area contributed by atoms with E-state index in [0.717, 1.165) is 31.9 Å². The van der Waals surface area contributed by atoms with E-state index in [9.17, 15) is 9.18 Å². The molecule has 0 aromatic heterocycles. The number of nitrogens with one attached hydrogen (secondary N) is 1. The fourth-order valence-corrected chi connectivity index (χ4v) is 2.38. The van der Waals surface area contributed by atoms with Gasteiger partial charge in [-0.15, -0.1) is 0 Å². The highest BCUT2D eigenvalue weighted by molar-refractivity contribution is 5.78. The molecule has 1 aromatic carbocycles. The minimum Gasteiger partial charge on any atom is -0.459 e. The Balaban J connectivity index is 2.19. The van der Waals surface area contributed by atoms with Gasteiger partial charge in [0, 0.05) is 31.9 Å². The quantitative estimate of drug-likeness (QED) is 0.830. The van der Waals surface area contributed by atoms with Crippen LogP contribution in [0.5, 0.6) is 0 Å². The lowest BCUT2D eigenvalue weighted by molar-refractivity contribution is -0.156. The second kappa shape index (κ2) is 6.62. The first-order valence-electron chi connectivity index (χ1n) is 7.51. The number of benzene rings is 1. The van der Waals surface area contributed by atoms with E-state index < -0.39 is 23.4 Å². The number of halogens is 1. The molecule has 0 bridgehead atoms. The molecular weight excluding hydrogens is 285 g/mol. The Kier molecular flexibility index (Phi) is 5.03. The van der Waals surface area contributed by atoms with Crippen molar-refractivity contribution in [1.82, 2.24) is 5.32 Å². The number of piperazine rings is 1. The molecule has 1 aromatic rings. The Bertz CT molecular complexity index is 537. The molecule has 0 spiro atoms. The summed E-state index contributed by atoms with van der Waals surface area (Å²) in [6, 6.07) is 3.54. The third kappa shape index (κ3) is 4.42. The minimum atomic E-state index is -0.989. The molecule has 1 atom stereocenters. The summed E-state index contributed by atoms with van der Waals surface area (Å²) in [4.78, 5) is 14.1. The molecule has 122 valence electrons. The molecule has 0 amide bonds. The van der Waals surface area contributed by atoms with Crippen LogP contribution < -0.4 is 16.0 Å². The van der Waals surface area contributed by atoms with Gasteiger partial charge in [-0.05, 0) is 44.5 Å². The zero-order valence-electron chi connectivity index (χ0n) is 13.4. The summed E-state index contributed by atoms with van der Waals surface area (Å²) < 4.78 is 19.2. The average Bonchev–Trinajstić information content (AvgIpc) is 2.45. The zero-order chi connectivity index (χ0) is 16.3. The smallest absolute Gasteiger partial charge is 0.328 e. The van der Waals surface area contributed by atoms with Gasteiger partial charge >= 0.3 is 5.97 Å². The lowest BCUT2D eigenvalue weighted by atomic mass is 10.1. The summed E-state index contributed by atoms with van der Waals surface area (Å²) in [7, 11) is 0. The van der Waals surface area contributed by atoms with Crippen molar-refractivity contribution in [2.24, 2.45) is 5.73 Å². The van der Waals surface area contributed by atoms with E-state index >= 15 is 0 Å². The Morgan fingerprint density at radius 2 is 1.95 bits per heavy atom. The number of carbonyl (C=O) groups is 1. The predicted octanol–water partition coefficient (Wildman–Crippen LogP) is 1.58. The molecule has 3 N–H and O–H groups in total. The summed E-state index contributed by atoms with van der Waals surface area (Å²) in [5.41, 5.74) is 6.50. The maximum Gasteiger partial charge on any atom is 0.328 e. The maximum atomic E-state index is 13.9. The van der Waals surface area contributed by atoms with Crippen LogP contribution in [-0.4, -0.2) is 37.7 Å². The number of nitrogens with two attached hydrogens (primary N) is 1. The third-order valence-electron chi connectivity index (χ3n) is 3.41. The Hall–Kier alpha value is -1.66. The number of nitrogens with zero attached hydrogens (tertiary/aromatic N) is 1. The van der Waals surface area contributed by atoms with Crippen LogP contribution in [-0.2, 0) is 9.53 Å². The lowest BCUT2D eigenvalue weighted by Gasteiger charge is -2.30. The van der Waals surface area contributed by atoms with Crippen LogP contribution in [0.15, 0.2) is 18.2 Å². The Morgan fingerprint density at radius 1 is 1.32 bits per heavy atom. The van der Waals surface area contributed by atoms with Gasteiger partial charge in [0.2, 0.25) is 0 Å². The zero-order valence-corrected chi connectivity index (χ0v) is 13.4. The Labute approximate surface area is 130 Å². The van der Waals surface area contributed by atoms with Crippen LogP contribution in [0, 0.1) is 5.82 Å². The van der Waals surface area contributed by atoms with Crippen LogP contribution in [0.1, 0.15) is 32.4 Å². The molecule has 1 fully saturated rings. The topological polar surface area (TPSA) is 67.6 Å². The average molecular weight is 309 g/mol. The van der Waals surface area contributed by atoms with Gasteiger partial charge in [-0.3, -0.25) is 0 Å². The molecule has 1 aliphatic heterocycles. The van der Waals surface area contributed by atoms with Crippen LogP contribution in [0.25, 0.3) is 0 Å². The first-order valence-corrected chi connectivity index (χ1v) is 7.51. The van der Waals surface area contributed by atoms with Gasteiger partial charge in [0.1, 0.15) is 17.5 Å². The molecule has 5 nitrogen and oxygen atoms in total. The van der Waals surface area contributed by atoms with E-state index in [2.05, 4.69) is 10.2 Å². The van der Waals surface area contributed by atoms with Crippen molar-refractivity contribution in [3.63, 3.8) is 0 Å². The van der Waals surface area contributed by atoms with E-state index in [1.807, 2.05) is 0 Å². The van der Waals surface area contributed by atoms with Crippen molar-refractivity contribution in [3.8, 4) is 0 Å². The van der Waals surface area contributed by atoms with Crippen molar-refractivity contribution >= 4 is 11.7 Å². The molecule has 2 rings (SSSR count). The van der Waals surface area contributed by atoms with Crippen LogP contribution >= 0.6 is 0 Å². The molecule has 22 heavy (non-hydrogen) atoms. The van der Waals surface area contributed by atoms with Gasteiger partial charge in [-0.25, -0.2) is 9.18 Å². The minimum absolute atomic E-state index is 0.398. The van der Waals surface area contributed by atoms with E-state index in [4.69, 9.17) is 10.5 Å². The maximum absolute atomic E-state index is 13.9. The molecule has 0 aliphatic carbocycles. The number of hydrogen-bond donors (Lipinski definition) is 2. The summed E-state index contributed by atoms with van der Waals surface area (Å²) in [5, 5.41) is 3.25. The van der Waals surface area contributed by atoms with E-state index in [1.165, 1.54) is 12.1 Å². The monoisotopic (exact) mass is 309 g/mol. The number of carbonyl (C=O) groups excluding carboxylic acids is 1. The van der Waals surface area contributed by atoms with E-state index in [0.29, 0.717) is 5.56 Å². The number of hydrogen-bond acceptors (Lipinski definition) is 5. The summed E-state index contributed by atoms with van der Waals surface area (Å²) in [5.74, 6) is -0.950. The van der Waals surface area contributed by atoms with Crippen molar-refractivity contribution in [2.75, 3.05) is 31.1 Å². The number of rotatable bonds is 3. The van der Waals surface area contributed by atoms with Gasteiger partial charge in [0.15, 0.2) is 0 Å². The second-order valence-corrected chi connectivity index (χ2v) is 6.49. The predicted molar refractivity (Wildman–Crippen MR) is 84.3 cm³/mol. The molecule has 1 aliphatic rings. The van der Waals surface area contributed by atoms with E-state index in [1.54, 1.807) is 26.8 Å². The van der Waals surface area contributed by atoms with Crippen LogP contribution in [0.4, 0.5) is 10.1 Å². The highest BCUT2D eigenvalue weighted by atomic mass is 19.1. The van der Waals surface area contributed by atoms with E-state index in [-0.39, 0.29) is 0 Å². The van der Waals surface area contributed by atoms with Crippen LogP contribution in [0.3, 0.4) is 0 Å². The highest BCUT2D eigenvalue weighted by Crippen LogP contribution is 2.24. The molecule has 1 unspecified atom stereocenters. The highest BCUT2D eigenvalue weighted by Gasteiger charge is 2.25. The summed E-state index contributed by atoms with van der Waals surface area (Å²) >= 11 is 0. The van der Waals surface area contributed by atoms with Crippen molar-refractivity contribution in [3.05, 3.63) is 29.6 Å². The summed E-state index contributed by atoms with van der Waals surface area (Å²) in [6.45, 7) is 8.61. The molecule has 6 heteroatoms. The van der Waals surface area contributed by atoms with Gasteiger partial charge in [-0.2, -0.15) is 0 Å². The Morgan fingerprint density at radius 3 is 2.55 bits per heavy atom. The number of anilines is 1. The van der Waals surface area contributed by atoms with Crippen molar-refractivity contribution in [2.45, 2.75) is 32.4 Å². The number of ether oxygens (including phenoxy) is 1. The lowest BCUT2D eigenvalue weighted by Crippen LogP contribution is -2.43. The van der Waals surface area contributed by atoms with Crippen molar-refractivity contribution < 1.29 is 13.9 Å². The third-order valence-corrected chi connectivity index (χ3v) is 3.41. The van der Waals surface area contributed by atoms with Gasteiger partial charge in [0.05, 0.1) is 0 Å². The first-order chi connectivity index (χ1) is 10.3. The largest absolute Gasteiger partial charge is 0.459 e. The normalized spacial score (nSPS) is 17.2. The molecule has 0 radical (unpaired) electrons. The number of esters is 1. The fourth-order valence-electron chi connectivity index (χ4n) is 2.38. The van der Waals surface area contributed by atoms with Gasteiger partial charge in [-0.1, -0.05) is 0 Å².